The maximum absolute atomic E-state index is 15.7. The zero-order valence-corrected chi connectivity index (χ0v) is 32.2. The molecule has 0 atom stereocenters. The van der Waals surface area contributed by atoms with Crippen LogP contribution in [0.4, 0.5) is 52.7 Å². The molecule has 55 heavy (non-hydrogen) atoms. The molecule has 0 aliphatic heterocycles. The number of hydrogen-bond acceptors (Lipinski definition) is 4. The van der Waals surface area contributed by atoms with Gasteiger partial charge in [0, 0.05) is 50.8 Å². The molecule has 5 aromatic rings. The van der Waals surface area contributed by atoms with Gasteiger partial charge in [-0.25, -0.2) is 0 Å². The average molecular weight is 853 g/mol. The highest BCUT2D eigenvalue weighted by molar-refractivity contribution is 7.26. The highest BCUT2D eigenvalue weighted by atomic mass is 32.1. The molecule has 0 saturated heterocycles. The van der Waals surface area contributed by atoms with Crippen molar-refractivity contribution >= 4 is 56.5 Å². The number of alkyl halides is 12. The molecule has 1 aliphatic rings. The first-order valence-electron chi connectivity index (χ1n) is 16.7. The van der Waals surface area contributed by atoms with Gasteiger partial charge in [0.2, 0.25) is 0 Å². The van der Waals surface area contributed by atoms with Crippen molar-refractivity contribution in [1.29, 1.82) is 0 Å². The SMILES string of the molecule is CCCCCCc1ccc(-c2ccc(-c3cc(C4=C(c5cc(C#Cc6cc(C(F)(F)F)cc(C(F)(F)F)c6)sc5C)C(F)(F)C(F)(F)C4(F)F)c(C)s3)s2)s1. The fourth-order valence-electron chi connectivity index (χ4n) is 6.21. The van der Waals surface area contributed by atoms with Crippen molar-refractivity contribution < 1.29 is 52.7 Å². The van der Waals surface area contributed by atoms with E-state index in [0.29, 0.717) is 33.2 Å². The summed E-state index contributed by atoms with van der Waals surface area (Å²) in [4.78, 5) is 3.78. The summed E-state index contributed by atoms with van der Waals surface area (Å²) in [6.07, 6.45) is -4.92. The Balaban J connectivity index is 1.39. The van der Waals surface area contributed by atoms with Crippen LogP contribution < -0.4 is 0 Å². The third kappa shape index (κ3) is 7.78. The summed E-state index contributed by atoms with van der Waals surface area (Å²) in [6.45, 7) is 4.68. The standard InChI is InChI=1S/C39H28F12S4/c1-4-5-6-7-8-25-11-12-29(54-25)30-13-14-31(55-30)32-19-28(21(3)53-32)34-33(35(40,41)39(50,51)36(34,42)43)27-18-26(52-20(27)2)10-9-22-15-23(37(44,45)46)17-24(16-22)38(47,48)49/h11-19H,4-8H2,1-3H3. The molecule has 0 bridgehead atoms. The highest BCUT2D eigenvalue weighted by Gasteiger charge is 2.80. The number of allylic oxidation sites excluding steroid dienone is 2. The molecular formula is C39H28F12S4. The first kappa shape index (κ1) is 41.1. The number of unbranched alkanes of at least 4 members (excludes halogenated alkanes) is 3. The number of benzene rings is 1. The predicted molar refractivity (Wildman–Crippen MR) is 197 cm³/mol. The first-order chi connectivity index (χ1) is 25.6. The molecule has 0 fully saturated rings. The lowest BCUT2D eigenvalue weighted by Crippen LogP contribution is -2.48. The predicted octanol–water partition coefficient (Wildman–Crippen LogP) is 15.3. The number of hydrogen-bond donors (Lipinski definition) is 0. The summed E-state index contributed by atoms with van der Waals surface area (Å²) in [6, 6.07) is 10.3. The Labute approximate surface area is 324 Å². The number of halogens is 12. The summed E-state index contributed by atoms with van der Waals surface area (Å²) in [5.74, 6) is -12.2. The molecule has 6 rings (SSSR count). The van der Waals surface area contributed by atoms with Gasteiger partial charge in [0.05, 0.1) is 16.0 Å². The highest BCUT2D eigenvalue weighted by Crippen LogP contribution is 2.66. The molecule has 16 heteroatoms. The Kier molecular flexibility index (Phi) is 11.0. The van der Waals surface area contributed by atoms with Gasteiger partial charge >= 0.3 is 30.1 Å². The second-order valence-electron chi connectivity index (χ2n) is 12.9. The Morgan fingerprint density at radius 2 is 1.09 bits per heavy atom. The quantitative estimate of drug-likeness (QED) is 0.0787. The van der Waals surface area contributed by atoms with Crippen LogP contribution in [-0.4, -0.2) is 17.8 Å². The van der Waals surface area contributed by atoms with Crippen molar-refractivity contribution in [3.63, 3.8) is 0 Å². The molecule has 1 aliphatic carbocycles. The lowest BCUT2D eigenvalue weighted by Gasteiger charge is -2.25. The minimum atomic E-state index is -5.85. The van der Waals surface area contributed by atoms with Crippen LogP contribution in [0.1, 0.15) is 79.9 Å². The zero-order valence-electron chi connectivity index (χ0n) is 28.9. The van der Waals surface area contributed by atoms with Gasteiger partial charge in [-0.05, 0) is 92.4 Å². The summed E-state index contributed by atoms with van der Waals surface area (Å²) < 4.78 is 173. The van der Waals surface area contributed by atoms with E-state index in [2.05, 4.69) is 18.8 Å². The topological polar surface area (TPSA) is 0 Å². The van der Waals surface area contributed by atoms with E-state index in [9.17, 15) is 26.3 Å². The van der Waals surface area contributed by atoms with Gasteiger partial charge < -0.3 is 0 Å². The molecule has 1 aromatic carbocycles. The van der Waals surface area contributed by atoms with Crippen molar-refractivity contribution in [2.75, 3.05) is 0 Å². The molecule has 0 amide bonds. The van der Waals surface area contributed by atoms with Crippen LogP contribution in [0.25, 0.3) is 30.7 Å². The Morgan fingerprint density at radius 1 is 0.564 bits per heavy atom. The molecular weight excluding hydrogens is 825 g/mol. The maximum Gasteiger partial charge on any atom is 0.416 e. The fraction of sp³-hybridized carbons (Fsp3) is 0.333. The van der Waals surface area contributed by atoms with Gasteiger partial charge in [-0.2, -0.15) is 52.7 Å². The van der Waals surface area contributed by atoms with Crippen molar-refractivity contribution in [2.24, 2.45) is 0 Å². The summed E-state index contributed by atoms with van der Waals surface area (Å²) >= 11 is 4.53. The van der Waals surface area contributed by atoms with Gasteiger partial charge in [-0.1, -0.05) is 38.0 Å². The molecule has 4 aromatic heterocycles. The molecule has 0 saturated carbocycles. The third-order valence-electron chi connectivity index (χ3n) is 8.99. The largest absolute Gasteiger partial charge is 0.416 e. The van der Waals surface area contributed by atoms with E-state index in [-0.39, 0.29) is 20.7 Å². The van der Waals surface area contributed by atoms with E-state index in [1.165, 1.54) is 36.1 Å². The van der Waals surface area contributed by atoms with Gasteiger partial charge in [-0.3, -0.25) is 0 Å². The number of thiophene rings is 4. The smallest absolute Gasteiger partial charge is 0.194 e. The number of aryl methyl sites for hydroxylation is 3. The van der Waals surface area contributed by atoms with Crippen LogP contribution in [0.15, 0.2) is 54.6 Å². The summed E-state index contributed by atoms with van der Waals surface area (Å²) in [5, 5.41) is 0. The zero-order chi connectivity index (χ0) is 40.3. The van der Waals surface area contributed by atoms with Crippen LogP contribution in [-0.2, 0) is 18.8 Å². The van der Waals surface area contributed by atoms with Crippen molar-refractivity contribution in [3.05, 3.63) is 102 Å². The average Bonchev–Trinajstić information content (AvgIpc) is 3.91. The fourth-order valence-corrected chi connectivity index (χ4v) is 10.3. The van der Waals surface area contributed by atoms with Gasteiger partial charge in [0.1, 0.15) is 0 Å². The molecule has 0 nitrogen and oxygen atoms in total. The van der Waals surface area contributed by atoms with E-state index in [0.717, 1.165) is 59.3 Å². The lowest BCUT2D eigenvalue weighted by molar-refractivity contribution is -0.254. The lowest BCUT2D eigenvalue weighted by atomic mass is 9.95. The van der Waals surface area contributed by atoms with Crippen LogP contribution in [0.3, 0.4) is 0 Å². The Bertz CT molecular complexity index is 2280. The van der Waals surface area contributed by atoms with Gasteiger partial charge in [0.15, 0.2) is 0 Å². The van der Waals surface area contributed by atoms with E-state index >= 15 is 26.3 Å². The van der Waals surface area contributed by atoms with E-state index in [4.69, 9.17) is 0 Å². The van der Waals surface area contributed by atoms with Crippen LogP contribution >= 0.6 is 45.3 Å². The molecule has 0 spiro atoms. The second kappa shape index (κ2) is 14.8. The minimum Gasteiger partial charge on any atom is -0.194 e. The van der Waals surface area contributed by atoms with Crippen molar-refractivity contribution in [3.8, 4) is 31.3 Å². The Hall–Kier alpha value is -3.52. The minimum absolute atomic E-state index is 0.0778. The molecule has 0 radical (unpaired) electrons. The molecule has 292 valence electrons. The second-order valence-corrected chi connectivity index (χ2v) is 17.7. The van der Waals surface area contributed by atoms with Gasteiger partial charge in [-0.15, -0.1) is 45.3 Å². The van der Waals surface area contributed by atoms with Gasteiger partial charge in [0.25, 0.3) is 0 Å². The van der Waals surface area contributed by atoms with E-state index in [1.54, 1.807) is 17.4 Å². The van der Waals surface area contributed by atoms with Crippen LogP contribution in [0.2, 0.25) is 0 Å². The first-order valence-corrected chi connectivity index (χ1v) is 19.9. The maximum atomic E-state index is 15.7. The monoisotopic (exact) mass is 852 g/mol. The Morgan fingerprint density at radius 3 is 1.67 bits per heavy atom. The molecule has 4 heterocycles. The number of rotatable bonds is 9. The molecule has 0 N–H and O–H groups in total. The third-order valence-corrected chi connectivity index (χ3v) is 13.6. The normalized spacial score (nSPS) is 16.5. The van der Waals surface area contributed by atoms with Crippen LogP contribution in [0, 0.1) is 25.7 Å². The van der Waals surface area contributed by atoms with E-state index in [1.807, 2.05) is 18.2 Å². The van der Waals surface area contributed by atoms with Crippen molar-refractivity contribution in [2.45, 2.75) is 83.0 Å². The van der Waals surface area contributed by atoms with Crippen LogP contribution in [0.5, 0.6) is 0 Å². The summed E-state index contributed by atoms with van der Waals surface area (Å²) in [5.41, 5.74) is -8.40. The molecule has 0 unspecified atom stereocenters. The van der Waals surface area contributed by atoms with E-state index < -0.39 is 69.1 Å². The summed E-state index contributed by atoms with van der Waals surface area (Å²) in [7, 11) is 0. The van der Waals surface area contributed by atoms with Crippen molar-refractivity contribution in [1.82, 2.24) is 0 Å².